The molecule has 0 aliphatic carbocycles. The first-order chi connectivity index (χ1) is 11.6. The lowest BCUT2D eigenvalue weighted by atomic mass is 10.2. The van der Waals surface area contributed by atoms with Crippen LogP contribution in [0.1, 0.15) is 12.5 Å². The van der Waals surface area contributed by atoms with Gasteiger partial charge in [-0.05, 0) is 49.0 Å². The summed E-state index contributed by atoms with van der Waals surface area (Å²) in [5.41, 5.74) is 0.852. The van der Waals surface area contributed by atoms with Gasteiger partial charge in [0.05, 0.1) is 21.8 Å². The molecule has 1 aromatic carbocycles. The van der Waals surface area contributed by atoms with Crippen LogP contribution in [0.3, 0.4) is 0 Å². The minimum absolute atomic E-state index is 0.202. The van der Waals surface area contributed by atoms with E-state index in [1.54, 1.807) is 30.6 Å². The third-order valence-electron chi connectivity index (χ3n) is 3.35. The summed E-state index contributed by atoms with van der Waals surface area (Å²) in [6.07, 6.45) is 4.74. The van der Waals surface area contributed by atoms with Crippen LogP contribution in [0, 0.1) is 5.82 Å². The highest BCUT2D eigenvalue weighted by molar-refractivity contribution is 8.18. The number of nitrogens with zero attached hydrogens (tertiary/aromatic N) is 3. The minimum Gasteiger partial charge on any atom is -0.287 e. The van der Waals surface area contributed by atoms with Crippen molar-refractivity contribution in [3.8, 4) is 0 Å². The summed E-state index contributed by atoms with van der Waals surface area (Å²) in [5.74, 6) is -0.687. The SMILES string of the molecule is CCN1C(=O)/C(=C/c2c(F)cccc2Cl)SC1=Nc1cccnc1. The molecule has 0 unspecified atom stereocenters. The van der Waals surface area contributed by atoms with E-state index in [0.29, 0.717) is 22.3 Å². The number of pyridine rings is 1. The summed E-state index contributed by atoms with van der Waals surface area (Å²) >= 11 is 7.23. The molecule has 0 bridgehead atoms. The molecule has 1 fully saturated rings. The molecule has 24 heavy (non-hydrogen) atoms. The van der Waals surface area contributed by atoms with E-state index >= 15 is 0 Å². The van der Waals surface area contributed by atoms with Crippen molar-refractivity contribution >= 4 is 46.2 Å². The molecule has 7 heteroatoms. The number of hydrogen-bond acceptors (Lipinski definition) is 4. The van der Waals surface area contributed by atoms with Gasteiger partial charge >= 0.3 is 0 Å². The van der Waals surface area contributed by atoms with Crippen LogP contribution in [-0.2, 0) is 4.79 Å². The fourth-order valence-corrected chi connectivity index (χ4v) is 3.44. The highest BCUT2D eigenvalue weighted by atomic mass is 35.5. The van der Waals surface area contributed by atoms with Crippen LogP contribution < -0.4 is 0 Å². The van der Waals surface area contributed by atoms with Crippen LogP contribution in [0.4, 0.5) is 10.1 Å². The number of benzene rings is 1. The molecule has 2 aromatic rings. The Hall–Kier alpha value is -2.18. The Morgan fingerprint density at radius 3 is 2.88 bits per heavy atom. The van der Waals surface area contributed by atoms with Crippen molar-refractivity contribution in [1.82, 2.24) is 9.88 Å². The maximum atomic E-state index is 14.0. The van der Waals surface area contributed by atoms with E-state index in [9.17, 15) is 9.18 Å². The number of aliphatic imine (C=N–C) groups is 1. The lowest BCUT2D eigenvalue weighted by molar-refractivity contribution is -0.122. The topological polar surface area (TPSA) is 45.6 Å². The molecule has 1 amide bonds. The number of halogens is 2. The molecule has 0 N–H and O–H groups in total. The summed E-state index contributed by atoms with van der Waals surface area (Å²) in [6, 6.07) is 7.99. The van der Waals surface area contributed by atoms with Gasteiger partial charge in [0.1, 0.15) is 5.82 Å². The number of hydrogen-bond donors (Lipinski definition) is 0. The van der Waals surface area contributed by atoms with Crippen molar-refractivity contribution in [3.05, 3.63) is 64.0 Å². The summed E-state index contributed by atoms with van der Waals surface area (Å²) in [7, 11) is 0. The van der Waals surface area contributed by atoms with Crippen molar-refractivity contribution in [3.63, 3.8) is 0 Å². The lowest BCUT2D eigenvalue weighted by Crippen LogP contribution is -2.28. The zero-order valence-corrected chi connectivity index (χ0v) is 14.3. The second kappa shape index (κ2) is 7.15. The predicted molar refractivity (Wildman–Crippen MR) is 95.7 cm³/mol. The zero-order valence-electron chi connectivity index (χ0n) is 12.7. The quantitative estimate of drug-likeness (QED) is 0.756. The summed E-state index contributed by atoms with van der Waals surface area (Å²) in [5, 5.41) is 0.797. The van der Waals surface area contributed by atoms with E-state index in [2.05, 4.69) is 9.98 Å². The molecule has 1 aliphatic heterocycles. The third-order valence-corrected chi connectivity index (χ3v) is 4.69. The van der Waals surface area contributed by atoms with Crippen LogP contribution >= 0.6 is 23.4 Å². The van der Waals surface area contributed by atoms with Crippen LogP contribution in [0.2, 0.25) is 5.02 Å². The van der Waals surface area contributed by atoms with Crippen LogP contribution in [-0.4, -0.2) is 27.5 Å². The Morgan fingerprint density at radius 1 is 1.38 bits per heavy atom. The molecule has 122 valence electrons. The fourth-order valence-electron chi connectivity index (χ4n) is 2.18. The van der Waals surface area contributed by atoms with E-state index in [0.717, 1.165) is 0 Å². The molecule has 2 heterocycles. The molecule has 1 aromatic heterocycles. The molecule has 0 atom stereocenters. The Kier molecular flexibility index (Phi) is 4.97. The van der Waals surface area contributed by atoms with Gasteiger partial charge in [-0.15, -0.1) is 0 Å². The molecule has 3 rings (SSSR count). The second-order valence-electron chi connectivity index (χ2n) is 4.90. The van der Waals surface area contributed by atoms with Crippen LogP contribution in [0.5, 0.6) is 0 Å². The zero-order chi connectivity index (χ0) is 17.1. The molecule has 0 saturated carbocycles. The van der Waals surface area contributed by atoms with Gasteiger partial charge in [0.25, 0.3) is 5.91 Å². The van der Waals surface area contributed by atoms with E-state index in [1.165, 1.54) is 34.9 Å². The van der Waals surface area contributed by atoms with Gasteiger partial charge < -0.3 is 0 Å². The average Bonchev–Trinajstić information content (AvgIpc) is 2.87. The number of amides is 1. The van der Waals surface area contributed by atoms with E-state index in [-0.39, 0.29) is 16.5 Å². The number of thioether (sulfide) groups is 1. The molecule has 0 radical (unpaired) electrons. The molecular formula is C17H13ClFN3OS. The van der Waals surface area contributed by atoms with Gasteiger partial charge in [0, 0.05) is 18.3 Å². The number of rotatable bonds is 3. The van der Waals surface area contributed by atoms with Crippen LogP contribution in [0.15, 0.2) is 52.6 Å². The maximum Gasteiger partial charge on any atom is 0.266 e. The standard InChI is InChI=1S/C17H13ClFN3OS/c1-2-22-16(23)15(9-12-13(18)6-3-7-14(12)19)24-17(22)21-11-5-4-8-20-10-11/h3-10H,2H2,1H3/b15-9-,21-17?. The second-order valence-corrected chi connectivity index (χ2v) is 6.32. The first kappa shape index (κ1) is 16.7. The highest BCUT2D eigenvalue weighted by Gasteiger charge is 2.32. The van der Waals surface area contributed by atoms with Gasteiger partial charge in [0.2, 0.25) is 0 Å². The Labute approximate surface area is 148 Å². The van der Waals surface area contributed by atoms with Crippen LogP contribution in [0.25, 0.3) is 6.08 Å². The number of carbonyl (C=O) groups is 1. The predicted octanol–water partition coefficient (Wildman–Crippen LogP) is 4.50. The fraction of sp³-hybridized carbons (Fsp3) is 0.118. The number of carbonyl (C=O) groups excluding carboxylic acids is 1. The van der Waals surface area contributed by atoms with Gasteiger partial charge in [-0.2, -0.15) is 0 Å². The number of aromatic nitrogens is 1. The molecule has 1 aliphatic rings. The third kappa shape index (κ3) is 3.34. The maximum absolute atomic E-state index is 14.0. The smallest absolute Gasteiger partial charge is 0.266 e. The lowest BCUT2D eigenvalue weighted by Gasteiger charge is -2.11. The molecular weight excluding hydrogens is 349 g/mol. The van der Waals surface area contributed by atoms with Crippen molar-refractivity contribution in [2.45, 2.75) is 6.92 Å². The number of likely N-dealkylation sites (N-methyl/N-ethyl adjacent to an activating group) is 1. The van der Waals surface area contributed by atoms with E-state index in [4.69, 9.17) is 11.6 Å². The summed E-state index contributed by atoms with van der Waals surface area (Å²) in [4.78, 5) is 22.9. The van der Waals surface area contributed by atoms with Crippen molar-refractivity contribution < 1.29 is 9.18 Å². The highest BCUT2D eigenvalue weighted by Crippen LogP contribution is 2.35. The first-order valence-corrected chi connectivity index (χ1v) is 8.43. The summed E-state index contributed by atoms with van der Waals surface area (Å²) in [6.45, 7) is 2.32. The Balaban J connectivity index is 1.99. The van der Waals surface area contributed by atoms with Crippen molar-refractivity contribution in [2.75, 3.05) is 6.54 Å². The van der Waals surface area contributed by atoms with Gasteiger partial charge in [-0.3, -0.25) is 14.7 Å². The number of amidine groups is 1. The van der Waals surface area contributed by atoms with Gasteiger partial charge in [-0.25, -0.2) is 9.38 Å². The normalized spacial score (nSPS) is 18.0. The van der Waals surface area contributed by atoms with Crippen molar-refractivity contribution in [1.29, 1.82) is 0 Å². The van der Waals surface area contributed by atoms with E-state index < -0.39 is 5.82 Å². The summed E-state index contributed by atoms with van der Waals surface area (Å²) < 4.78 is 14.0. The Morgan fingerprint density at radius 2 is 2.21 bits per heavy atom. The average molecular weight is 362 g/mol. The Bertz CT molecular complexity index is 819. The molecule has 0 spiro atoms. The van der Waals surface area contributed by atoms with Gasteiger partial charge in [-0.1, -0.05) is 17.7 Å². The monoisotopic (exact) mass is 361 g/mol. The molecule has 4 nitrogen and oxygen atoms in total. The van der Waals surface area contributed by atoms with Crippen molar-refractivity contribution in [2.24, 2.45) is 4.99 Å². The van der Waals surface area contributed by atoms with E-state index in [1.807, 2.05) is 6.92 Å². The minimum atomic E-state index is -0.468. The van der Waals surface area contributed by atoms with Gasteiger partial charge in [0.15, 0.2) is 5.17 Å². The first-order valence-electron chi connectivity index (χ1n) is 7.24. The largest absolute Gasteiger partial charge is 0.287 e. The molecule has 1 saturated heterocycles.